The van der Waals surface area contributed by atoms with Crippen LogP contribution in [-0.4, -0.2) is 32.4 Å². The minimum absolute atomic E-state index is 0.00162. The first-order valence-electron chi connectivity index (χ1n) is 10.5. The van der Waals surface area contributed by atoms with Crippen molar-refractivity contribution in [3.8, 4) is 11.3 Å². The fourth-order valence-electron chi connectivity index (χ4n) is 3.73. The van der Waals surface area contributed by atoms with Crippen molar-refractivity contribution in [3.05, 3.63) is 30.2 Å². The minimum atomic E-state index is -0.584. The SMILES string of the molecule is CC[C@@H]1CCC[C@H](NC(=O)OC(C)(C)C)c2cc(ccn2)-c2c(cnn2C)NC1=O. The first-order chi connectivity index (χ1) is 14.2. The van der Waals surface area contributed by atoms with E-state index in [0.29, 0.717) is 12.1 Å². The van der Waals surface area contributed by atoms with Gasteiger partial charge in [0.2, 0.25) is 5.91 Å². The number of hydrogen-bond donors (Lipinski definition) is 2. The lowest BCUT2D eigenvalue weighted by Gasteiger charge is -2.25. The normalized spacial score (nSPS) is 19.7. The molecule has 2 aromatic heterocycles. The first-order valence-corrected chi connectivity index (χ1v) is 10.5. The molecule has 2 N–H and O–H groups in total. The van der Waals surface area contributed by atoms with Crippen LogP contribution < -0.4 is 10.6 Å². The number of carbonyl (C=O) groups excluding carboxylic acids is 2. The van der Waals surface area contributed by atoms with Gasteiger partial charge in [-0.3, -0.25) is 14.5 Å². The molecule has 2 amide bonds. The second-order valence-electron chi connectivity index (χ2n) is 8.72. The maximum Gasteiger partial charge on any atom is 0.408 e. The van der Waals surface area contributed by atoms with Crippen LogP contribution in [0.4, 0.5) is 10.5 Å². The molecule has 0 unspecified atom stereocenters. The van der Waals surface area contributed by atoms with Crippen LogP contribution in [0.3, 0.4) is 0 Å². The molecule has 0 fully saturated rings. The summed E-state index contributed by atoms with van der Waals surface area (Å²) >= 11 is 0. The third-order valence-electron chi connectivity index (χ3n) is 5.21. The Hall–Kier alpha value is -2.90. The predicted molar refractivity (Wildman–Crippen MR) is 115 cm³/mol. The molecule has 162 valence electrons. The molecule has 0 aliphatic carbocycles. The number of fused-ring (bicyclic) bond motifs is 4. The molecule has 3 heterocycles. The maximum atomic E-state index is 12.8. The Morgan fingerprint density at radius 2 is 2.13 bits per heavy atom. The van der Waals surface area contributed by atoms with E-state index in [1.807, 2.05) is 46.9 Å². The molecule has 8 nitrogen and oxygen atoms in total. The maximum absolute atomic E-state index is 12.8. The number of aromatic nitrogens is 3. The highest BCUT2D eigenvalue weighted by molar-refractivity contribution is 5.96. The molecule has 2 aromatic rings. The lowest BCUT2D eigenvalue weighted by Crippen LogP contribution is -2.35. The number of carbonyl (C=O) groups is 2. The van der Waals surface area contributed by atoms with Crippen LogP contribution >= 0.6 is 0 Å². The van der Waals surface area contributed by atoms with E-state index in [-0.39, 0.29) is 17.9 Å². The van der Waals surface area contributed by atoms with Gasteiger partial charge >= 0.3 is 6.09 Å². The number of alkyl carbamates (subject to hydrolysis) is 1. The van der Waals surface area contributed by atoms with Gasteiger partial charge in [0.15, 0.2) is 0 Å². The number of amides is 2. The summed E-state index contributed by atoms with van der Waals surface area (Å²) in [5.74, 6) is -0.107. The molecule has 0 spiro atoms. The van der Waals surface area contributed by atoms with E-state index < -0.39 is 11.7 Å². The van der Waals surface area contributed by atoms with E-state index in [2.05, 4.69) is 20.7 Å². The van der Waals surface area contributed by atoms with Crippen LogP contribution in [0.1, 0.15) is 65.1 Å². The average molecular weight is 414 g/mol. The molecular weight excluding hydrogens is 382 g/mol. The van der Waals surface area contributed by atoms with Crippen molar-refractivity contribution in [2.75, 3.05) is 5.32 Å². The summed E-state index contributed by atoms with van der Waals surface area (Å²) in [6.45, 7) is 7.52. The van der Waals surface area contributed by atoms with Gasteiger partial charge in [0.05, 0.1) is 29.3 Å². The average Bonchev–Trinajstić information content (AvgIpc) is 3.02. The summed E-state index contributed by atoms with van der Waals surface area (Å²) in [6, 6.07) is 3.51. The topological polar surface area (TPSA) is 98.1 Å². The molecule has 0 saturated heterocycles. The zero-order valence-electron chi connectivity index (χ0n) is 18.4. The predicted octanol–water partition coefficient (Wildman–Crippen LogP) is 4.20. The monoisotopic (exact) mass is 413 g/mol. The molecule has 0 aromatic carbocycles. The summed E-state index contributed by atoms with van der Waals surface area (Å²) in [4.78, 5) is 29.8. The number of ether oxygens (including phenoxy) is 1. The second-order valence-corrected chi connectivity index (χ2v) is 8.72. The van der Waals surface area contributed by atoms with Crippen LogP contribution in [0.5, 0.6) is 0 Å². The van der Waals surface area contributed by atoms with E-state index in [4.69, 9.17) is 4.74 Å². The number of anilines is 1. The van der Waals surface area contributed by atoms with Gasteiger partial charge in [0.1, 0.15) is 5.60 Å². The lowest BCUT2D eigenvalue weighted by molar-refractivity contribution is -0.120. The largest absolute Gasteiger partial charge is 0.444 e. The molecule has 1 aliphatic heterocycles. The van der Waals surface area contributed by atoms with Crippen molar-refractivity contribution in [2.24, 2.45) is 13.0 Å². The zero-order chi connectivity index (χ0) is 21.9. The van der Waals surface area contributed by atoms with Crippen LogP contribution in [0.2, 0.25) is 0 Å². The number of rotatable bonds is 2. The van der Waals surface area contributed by atoms with Gasteiger partial charge in [-0.15, -0.1) is 0 Å². The van der Waals surface area contributed by atoms with Crippen molar-refractivity contribution in [1.29, 1.82) is 0 Å². The molecule has 8 heteroatoms. The number of aryl methyl sites for hydroxylation is 1. The Labute approximate surface area is 177 Å². The van der Waals surface area contributed by atoms with Gasteiger partial charge in [0, 0.05) is 24.7 Å². The highest BCUT2D eigenvalue weighted by atomic mass is 16.6. The molecule has 1 aliphatic rings. The van der Waals surface area contributed by atoms with Crippen LogP contribution in [0.25, 0.3) is 11.3 Å². The molecular formula is C22H31N5O3. The summed E-state index contributed by atoms with van der Waals surface area (Å²) in [7, 11) is 1.84. The van der Waals surface area contributed by atoms with E-state index in [9.17, 15) is 9.59 Å². The second kappa shape index (κ2) is 8.85. The molecule has 0 radical (unpaired) electrons. The van der Waals surface area contributed by atoms with E-state index in [1.165, 1.54) is 0 Å². The smallest absolute Gasteiger partial charge is 0.408 e. The standard InChI is InChI=1S/C22H31N5O3/c1-6-14-8-7-9-16(26-21(29)30-22(2,3)4)17-12-15(10-11-23-17)19-18(25-20(14)28)13-24-27(19)5/h10-14,16H,6-9H2,1-5H3,(H,25,28)(H,26,29)/t14-,16+/m1/s1. The number of hydrogen-bond acceptors (Lipinski definition) is 5. The zero-order valence-corrected chi connectivity index (χ0v) is 18.4. The summed E-state index contributed by atoms with van der Waals surface area (Å²) in [5.41, 5.74) is 2.53. The van der Waals surface area contributed by atoms with Gasteiger partial charge in [-0.25, -0.2) is 4.79 Å². The Kier molecular flexibility index (Phi) is 6.43. The summed E-state index contributed by atoms with van der Waals surface area (Å²) in [6.07, 6.45) is 5.82. The number of pyridine rings is 1. The van der Waals surface area contributed by atoms with Crippen molar-refractivity contribution in [2.45, 2.75) is 65.0 Å². The fourth-order valence-corrected chi connectivity index (χ4v) is 3.73. The van der Waals surface area contributed by atoms with Gasteiger partial charge in [-0.1, -0.05) is 13.3 Å². The van der Waals surface area contributed by atoms with E-state index in [0.717, 1.165) is 36.2 Å². The highest BCUT2D eigenvalue weighted by Gasteiger charge is 2.25. The third kappa shape index (κ3) is 5.17. The molecule has 30 heavy (non-hydrogen) atoms. The molecule has 2 bridgehead atoms. The summed E-state index contributed by atoms with van der Waals surface area (Å²) in [5, 5.41) is 10.3. The Morgan fingerprint density at radius 3 is 2.83 bits per heavy atom. The van der Waals surface area contributed by atoms with Gasteiger partial charge < -0.3 is 15.4 Å². The van der Waals surface area contributed by atoms with Crippen molar-refractivity contribution >= 4 is 17.7 Å². The lowest BCUT2D eigenvalue weighted by atomic mass is 9.94. The molecule has 3 rings (SSSR count). The third-order valence-corrected chi connectivity index (χ3v) is 5.21. The van der Waals surface area contributed by atoms with E-state index in [1.54, 1.807) is 17.1 Å². The number of nitrogens with zero attached hydrogens (tertiary/aromatic N) is 3. The fraction of sp³-hybridized carbons (Fsp3) is 0.545. The van der Waals surface area contributed by atoms with Crippen molar-refractivity contribution < 1.29 is 14.3 Å². The van der Waals surface area contributed by atoms with Crippen LogP contribution in [-0.2, 0) is 16.6 Å². The highest BCUT2D eigenvalue weighted by Crippen LogP contribution is 2.32. The minimum Gasteiger partial charge on any atom is -0.444 e. The Balaban J connectivity index is 1.99. The Bertz CT molecular complexity index is 916. The van der Waals surface area contributed by atoms with Gasteiger partial charge in [-0.05, 0) is 52.2 Å². The molecule has 2 atom stereocenters. The van der Waals surface area contributed by atoms with Crippen molar-refractivity contribution in [3.63, 3.8) is 0 Å². The molecule has 0 saturated carbocycles. The van der Waals surface area contributed by atoms with Crippen LogP contribution in [0.15, 0.2) is 24.5 Å². The first kappa shape index (κ1) is 21.8. The van der Waals surface area contributed by atoms with Gasteiger partial charge in [0.25, 0.3) is 0 Å². The number of nitrogens with one attached hydrogen (secondary N) is 2. The quantitative estimate of drug-likeness (QED) is 0.769. The van der Waals surface area contributed by atoms with Crippen LogP contribution in [0, 0.1) is 5.92 Å². The summed E-state index contributed by atoms with van der Waals surface area (Å²) < 4.78 is 7.19. The van der Waals surface area contributed by atoms with Gasteiger partial charge in [-0.2, -0.15) is 5.10 Å². The van der Waals surface area contributed by atoms with Crippen molar-refractivity contribution in [1.82, 2.24) is 20.1 Å². The van der Waals surface area contributed by atoms with E-state index >= 15 is 0 Å². The Morgan fingerprint density at radius 1 is 1.37 bits per heavy atom.